The molecule has 0 saturated carbocycles. The molecule has 25 heavy (non-hydrogen) atoms. The molecule has 0 radical (unpaired) electrons. The van der Waals surface area contributed by atoms with E-state index in [1.54, 1.807) is 11.0 Å². The maximum absolute atomic E-state index is 12.5. The van der Waals surface area contributed by atoms with Gasteiger partial charge in [-0.05, 0) is 12.1 Å². The number of para-hydroxylation sites is 2. The summed E-state index contributed by atoms with van der Waals surface area (Å²) < 4.78 is 0. The molecule has 1 aliphatic rings. The lowest BCUT2D eigenvalue weighted by atomic mass is 10.2. The maximum Gasteiger partial charge on any atom is 0.321 e. The third-order valence-corrected chi connectivity index (χ3v) is 4.10. The van der Waals surface area contributed by atoms with Gasteiger partial charge >= 0.3 is 6.03 Å². The topological polar surface area (TPSA) is 67.9 Å². The molecule has 136 valence electrons. The van der Waals surface area contributed by atoms with Gasteiger partial charge in [0.2, 0.25) is 5.91 Å². The highest BCUT2D eigenvalue weighted by Gasteiger charge is 2.22. The molecule has 1 saturated heterocycles. The molecule has 2 rings (SSSR count). The van der Waals surface area contributed by atoms with Gasteiger partial charge in [0.25, 0.3) is 0 Å². The second-order valence-electron chi connectivity index (χ2n) is 6.20. The number of hydrogen-bond acceptors (Lipinski definition) is 4. The Morgan fingerprint density at radius 3 is 2.52 bits per heavy atom. The lowest BCUT2D eigenvalue weighted by molar-refractivity contribution is -0.122. The third kappa shape index (κ3) is 5.49. The number of amides is 3. The van der Waals surface area contributed by atoms with Crippen molar-refractivity contribution < 1.29 is 9.59 Å². The minimum absolute atomic E-state index is 0.0160. The van der Waals surface area contributed by atoms with Crippen LogP contribution in [-0.2, 0) is 4.79 Å². The van der Waals surface area contributed by atoms with E-state index in [1.807, 2.05) is 43.3 Å². The van der Waals surface area contributed by atoms with E-state index in [0.717, 1.165) is 11.4 Å². The van der Waals surface area contributed by atoms with E-state index in [2.05, 4.69) is 22.1 Å². The lowest BCUT2D eigenvalue weighted by Crippen LogP contribution is -2.52. The lowest BCUT2D eigenvalue weighted by Gasteiger charge is -2.34. The van der Waals surface area contributed by atoms with Crippen LogP contribution in [0.2, 0.25) is 0 Å². The number of benzene rings is 1. The fraction of sp³-hybridized carbons (Fsp3) is 0.444. The number of nitrogens with one attached hydrogen (secondary N) is 2. The second-order valence-corrected chi connectivity index (χ2v) is 6.20. The first-order valence-electron chi connectivity index (χ1n) is 8.43. The van der Waals surface area contributed by atoms with Crippen LogP contribution in [0.5, 0.6) is 0 Å². The van der Waals surface area contributed by atoms with Crippen molar-refractivity contribution in [1.82, 2.24) is 15.1 Å². The fourth-order valence-electron chi connectivity index (χ4n) is 2.72. The van der Waals surface area contributed by atoms with E-state index in [9.17, 15) is 9.59 Å². The molecule has 0 unspecified atom stereocenters. The number of hydrogen-bond donors (Lipinski definition) is 2. The van der Waals surface area contributed by atoms with Crippen molar-refractivity contribution in [2.75, 3.05) is 63.6 Å². The summed E-state index contributed by atoms with van der Waals surface area (Å²) in [6.07, 6.45) is 1.66. The van der Waals surface area contributed by atoms with Crippen LogP contribution in [-0.4, -0.2) is 75.1 Å². The van der Waals surface area contributed by atoms with Crippen LogP contribution in [0.25, 0.3) is 0 Å². The van der Waals surface area contributed by atoms with Gasteiger partial charge in [0.1, 0.15) is 0 Å². The monoisotopic (exact) mass is 345 g/mol. The van der Waals surface area contributed by atoms with Crippen molar-refractivity contribution in [3.8, 4) is 0 Å². The van der Waals surface area contributed by atoms with Gasteiger partial charge in [0, 0.05) is 46.8 Å². The number of carbonyl (C=O) groups is 2. The van der Waals surface area contributed by atoms with Crippen LogP contribution in [0.1, 0.15) is 0 Å². The number of carbonyl (C=O) groups excluding carboxylic acids is 2. The van der Waals surface area contributed by atoms with Gasteiger partial charge in [0.15, 0.2) is 0 Å². The van der Waals surface area contributed by atoms with Crippen molar-refractivity contribution in [3.63, 3.8) is 0 Å². The molecule has 1 aromatic rings. The van der Waals surface area contributed by atoms with Crippen molar-refractivity contribution in [2.45, 2.75) is 0 Å². The Labute approximate surface area is 149 Å². The predicted molar refractivity (Wildman–Crippen MR) is 101 cm³/mol. The van der Waals surface area contributed by atoms with Gasteiger partial charge in [-0.15, -0.1) is 6.58 Å². The number of urea groups is 1. The largest absolute Gasteiger partial charge is 0.376 e. The Morgan fingerprint density at radius 2 is 1.88 bits per heavy atom. The van der Waals surface area contributed by atoms with E-state index in [1.165, 1.54) is 0 Å². The molecule has 1 fully saturated rings. The Bertz CT molecular complexity index is 609. The van der Waals surface area contributed by atoms with Gasteiger partial charge < -0.3 is 20.4 Å². The van der Waals surface area contributed by atoms with Crippen molar-refractivity contribution in [3.05, 3.63) is 36.9 Å². The summed E-state index contributed by atoms with van der Waals surface area (Å²) in [5.41, 5.74) is 1.76. The first kappa shape index (κ1) is 18.8. The van der Waals surface area contributed by atoms with Crippen molar-refractivity contribution in [2.24, 2.45) is 0 Å². The molecule has 1 aromatic carbocycles. The highest BCUT2D eigenvalue weighted by atomic mass is 16.2. The Kier molecular flexibility index (Phi) is 6.82. The molecule has 1 heterocycles. The van der Waals surface area contributed by atoms with Crippen LogP contribution >= 0.6 is 0 Å². The predicted octanol–water partition coefficient (Wildman–Crippen LogP) is 1.20. The van der Waals surface area contributed by atoms with E-state index in [0.29, 0.717) is 39.3 Å². The Morgan fingerprint density at radius 1 is 1.20 bits per heavy atom. The summed E-state index contributed by atoms with van der Waals surface area (Å²) in [6, 6.07) is 7.61. The van der Waals surface area contributed by atoms with Crippen LogP contribution in [0.4, 0.5) is 16.2 Å². The highest BCUT2D eigenvalue weighted by Crippen LogP contribution is 2.23. The summed E-state index contributed by atoms with van der Waals surface area (Å²) >= 11 is 0. The average molecular weight is 345 g/mol. The highest BCUT2D eigenvalue weighted by molar-refractivity contribution is 5.93. The molecule has 0 aliphatic carbocycles. The molecule has 0 aromatic heterocycles. The van der Waals surface area contributed by atoms with Gasteiger partial charge in [-0.3, -0.25) is 9.69 Å². The van der Waals surface area contributed by atoms with Gasteiger partial charge in [-0.25, -0.2) is 4.79 Å². The molecule has 2 N–H and O–H groups in total. The summed E-state index contributed by atoms with van der Waals surface area (Å²) in [7, 11) is 3.89. The molecule has 0 bridgehead atoms. The summed E-state index contributed by atoms with van der Waals surface area (Å²) in [4.78, 5) is 30.0. The van der Waals surface area contributed by atoms with E-state index >= 15 is 0 Å². The van der Waals surface area contributed by atoms with E-state index in [-0.39, 0.29) is 11.9 Å². The number of nitrogens with zero attached hydrogens (tertiary/aromatic N) is 3. The standard InChI is InChI=1S/C18H27N5O2/c1-4-9-19-17(24)14-22-10-12-23(13-11-22)18(25)20-15-7-5-6-8-16(15)21(2)3/h4-8H,1,9-14H2,2-3H3,(H,19,24)(H,20,25). The zero-order chi connectivity index (χ0) is 18.2. The molecular weight excluding hydrogens is 318 g/mol. The van der Waals surface area contributed by atoms with Crippen molar-refractivity contribution in [1.29, 1.82) is 0 Å². The minimum atomic E-state index is -0.106. The fourth-order valence-corrected chi connectivity index (χ4v) is 2.72. The molecule has 1 aliphatic heterocycles. The first-order chi connectivity index (χ1) is 12.0. The van der Waals surface area contributed by atoms with Crippen LogP contribution in [0, 0.1) is 0 Å². The minimum Gasteiger partial charge on any atom is -0.376 e. The summed E-state index contributed by atoms with van der Waals surface area (Å²) in [5.74, 6) is -0.0160. The number of piperazine rings is 1. The zero-order valence-electron chi connectivity index (χ0n) is 15.0. The normalized spacial score (nSPS) is 14.7. The smallest absolute Gasteiger partial charge is 0.321 e. The Balaban J connectivity index is 1.83. The molecule has 0 spiro atoms. The van der Waals surface area contributed by atoms with Gasteiger partial charge in [0.05, 0.1) is 17.9 Å². The van der Waals surface area contributed by atoms with Gasteiger partial charge in [-0.1, -0.05) is 18.2 Å². The SMILES string of the molecule is C=CCNC(=O)CN1CCN(C(=O)Nc2ccccc2N(C)C)CC1. The number of anilines is 2. The zero-order valence-corrected chi connectivity index (χ0v) is 15.0. The molecular formula is C18H27N5O2. The molecule has 7 nitrogen and oxygen atoms in total. The molecule has 3 amide bonds. The third-order valence-electron chi connectivity index (χ3n) is 4.10. The maximum atomic E-state index is 12.5. The van der Waals surface area contributed by atoms with Crippen LogP contribution in [0.3, 0.4) is 0 Å². The first-order valence-corrected chi connectivity index (χ1v) is 8.43. The molecule has 0 atom stereocenters. The summed E-state index contributed by atoms with van der Waals surface area (Å²) in [5, 5.41) is 5.75. The average Bonchev–Trinajstić information content (AvgIpc) is 2.60. The Hall–Kier alpha value is -2.54. The van der Waals surface area contributed by atoms with E-state index < -0.39 is 0 Å². The van der Waals surface area contributed by atoms with Crippen molar-refractivity contribution >= 4 is 23.3 Å². The van der Waals surface area contributed by atoms with E-state index in [4.69, 9.17) is 0 Å². The van der Waals surface area contributed by atoms with Gasteiger partial charge in [-0.2, -0.15) is 0 Å². The molecule has 7 heteroatoms. The van der Waals surface area contributed by atoms with Crippen LogP contribution < -0.4 is 15.5 Å². The summed E-state index contributed by atoms with van der Waals surface area (Å²) in [6.45, 7) is 6.98. The number of rotatable bonds is 6. The quantitative estimate of drug-likeness (QED) is 0.761. The second kappa shape index (κ2) is 9.08. The van der Waals surface area contributed by atoms with Crippen LogP contribution in [0.15, 0.2) is 36.9 Å².